The van der Waals surface area contributed by atoms with E-state index in [9.17, 15) is 24.8 Å². The summed E-state index contributed by atoms with van der Waals surface area (Å²) in [6.07, 6.45) is 1.51. The number of imide groups is 1. The normalized spacial score (nSPS) is 15.8. The van der Waals surface area contributed by atoms with Crippen LogP contribution in [0.15, 0.2) is 57.5 Å². The molecule has 2 amide bonds. The molecule has 30 heavy (non-hydrogen) atoms. The minimum Gasteiger partial charge on any atom is -0.545 e. The molecule has 0 atom stereocenters. The summed E-state index contributed by atoms with van der Waals surface area (Å²) in [5.41, 5.74) is 1.18. The Hall–Kier alpha value is -3.92. The molecule has 0 spiro atoms. The number of aromatic carboxylic acids is 1. The third-order valence-corrected chi connectivity index (χ3v) is 4.69. The van der Waals surface area contributed by atoms with Crippen LogP contribution in [0.4, 0.5) is 0 Å². The highest BCUT2D eigenvalue weighted by Gasteiger charge is 2.35. The zero-order valence-corrected chi connectivity index (χ0v) is 16.8. The molecule has 7 nitrogen and oxygen atoms in total. The van der Waals surface area contributed by atoms with Crippen molar-refractivity contribution in [2.24, 2.45) is 5.92 Å². The molecule has 152 valence electrons. The van der Waals surface area contributed by atoms with Crippen molar-refractivity contribution in [2.45, 2.75) is 20.8 Å². The summed E-state index contributed by atoms with van der Waals surface area (Å²) in [6.45, 7) is 5.54. The molecule has 0 fully saturated rings. The number of furan rings is 1. The van der Waals surface area contributed by atoms with Gasteiger partial charge in [0, 0.05) is 17.7 Å². The summed E-state index contributed by atoms with van der Waals surface area (Å²) in [6, 6.07) is 11.3. The monoisotopic (exact) mass is 403 g/mol. The van der Waals surface area contributed by atoms with E-state index in [-0.39, 0.29) is 29.2 Å². The average Bonchev–Trinajstić information content (AvgIpc) is 3.17. The largest absolute Gasteiger partial charge is 0.545 e. The Labute approximate surface area is 173 Å². The van der Waals surface area contributed by atoms with E-state index in [2.05, 4.69) is 0 Å². The minimum absolute atomic E-state index is 0.0525. The van der Waals surface area contributed by atoms with E-state index in [1.165, 1.54) is 18.2 Å². The van der Waals surface area contributed by atoms with Gasteiger partial charge in [0.1, 0.15) is 23.2 Å². The van der Waals surface area contributed by atoms with E-state index in [1.54, 1.807) is 31.2 Å². The molecule has 3 rings (SSSR count). The van der Waals surface area contributed by atoms with Crippen molar-refractivity contribution >= 4 is 23.9 Å². The predicted octanol–water partition coefficient (Wildman–Crippen LogP) is 2.56. The van der Waals surface area contributed by atoms with Crippen LogP contribution in [-0.4, -0.2) is 29.2 Å². The van der Waals surface area contributed by atoms with Crippen LogP contribution < -0.4 is 5.11 Å². The summed E-state index contributed by atoms with van der Waals surface area (Å²) in [5.74, 6) is -1.42. The third kappa shape index (κ3) is 3.94. The Morgan fingerprint density at radius 3 is 2.40 bits per heavy atom. The van der Waals surface area contributed by atoms with Gasteiger partial charge < -0.3 is 14.3 Å². The number of rotatable bonds is 5. The fourth-order valence-corrected chi connectivity index (χ4v) is 3.16. The number of hydrogen-bond acceptors (Lipinski definition) is 6. The summed E-state index contributed by atoms with van der Waals surface area (Å²) in [4.78, 5) is 37.4. The molecule has 1 aliphatic rings. The highest BCUT2D eigenvalue weighted by atomic mass is 16.4. The number of benzene rings is 1. The summed E-state index contributed by atoms with van der Waals surface area (Å²) in [7, 11) is 0. The van der Waals surface area contributed by atoms with Crippen molar-refractivity contribution in [3.63, 3.8) is 0 Å². The van der Waals surface area contributed by atoms with Crippen molar-refractivity contribution < 1.29 is 23.9 Å². The number of carbonyl (C=O) groups excluding carboxylic acids is 3. The van der Waals surface area contributed by atoms with E-state index in [1.807, 2.05) is 19.9 Å². The molecule has 0 aliphatic carbocycles. The Kier molecular flexibility index (Phi) is 5.70. The topological polar surface area (TPSA) is 114 Å². The van der Waals surface area contributed by atoms with Gasteiger partial charge in [-0.05, 0) is 42.2 Å². The SMILES string of the molecule is CC1=C(C#N)C(=O)N(CC(C)C)C(=O)C1=Cc1ccc(-c2ccc(C(=O)[O-])cc2)o1. The van der Waals surface area contributed by atoms with Gasteiger partial charge in [0.25, 0.3) is 11.8 Å². The van der Waals surface area contributed by atoms with Gasteiger partial charge in [0.05, 0.1) is 5.97 Å². The maximum Gasteiger partial charge on any atom is 0.271 e. The first-order chi connectivity index (χ1) is 14.2. The molecule has 1 aromatic heterocycles. The van der Waals surface area contributed by atoms with Gasteiger partial charge in [0.2, 0.25) is 0 Å². The highest BCUT2D eigenvalue weighted by Crippen LogP contribution is 2.29. The van der Waals surface area contributed by atoms with Crippen LogP contribution >= 0.6 is 0 Å². The van der Waals surface area contributed by atoms with Crippen molar-refractivity contribution in [1.82, 2.24) is 4.90 Å². The van der Waals surface area contributed by atoms with Crippen LogP contribution in [0.3, 0.4) is 0 Å². The van der Waals surface area contributed by atoms with Gasteiger partial charge in [0.15, 0.2) is 0 Å². The molecule has 0 saturated carbocycles. The molecule has 7 heteroatoms. The first-order valence-electron chi connectivity index (χ1n) is 9.33. The number of nitrogens with zero attached hydrogens (tertiary/aromatic N) is 2. The van der Waals surface area contributed by atoms with Gasteiger partial charge >= 0.3 is 0 Å². The quantitative estimate of drug-likeness (QED) is 0.560. The molecule has 0 bridgehead atoms. The number of amides is 2. The van der Waals surface area contributed by atoms with Crippen molar-refractivity contribution in [3.05, 3.63) is 64.4 Å². The van der Waals surface area contributed by atoms with E-state index in [0.717, 1.165) is 4.90 Å². The molecule has 1 aliphatic heterocycles. The fourth-order valence-electron chi connectivity index (χ4n) is 3.16. The second-order valence-electron chi connectivity index (χ2n) is 7.35. The molecular weight excluding hydrogens is 384 g/mol. The highest BCUT2D eigenvalue weighted by molar-refractivity contribution is 6.19. The molecule has 2 aromatic rings. The smallest absolute Gasteiger partial charge is 0.271 e. The number of hydrogen-bond donors (Lipinski definition) is 0. The maximum atomic E-state index is 12.9. The zero-order valence-electron chi connectivity index (χ0n) is 16.8. The van der Waals surface area contributed by atoms with Crippen molar-refractivity contribution in [1.29, 1.82) is 5.26 Å². The standard InChI is InChI=1S/C23H20N2O5/c1-13(2)12-25-21(26)18(14(3)19(11-24)22(25)27)10-17-8-9-20(30-17)15-4-6-16(7-5-15)23(28)29/h4-10,13H,12H2,1-3H3,(H,28,29)/p-1. The van der Waals surface area contributed by atoms with Gasteiger partial charge in [-0.1, -0.05) is 38.1 Å². The lowest BCUT2D eigenvalue weighted by molar-refractivity contribution is -0.255. The molecule has 0 saturated heterocycles. The average molecular weight is 403 g/mol. The van der Waals surface area contributed by atoms with Crippen LogP contribution in [0, 0.1) is 17.2 Å². The second kappa shape index (κ2) is 8.21. The van der Waals surface area contributed by atoms with Crippen LogP contribution in [0.2, 0.25) is 0 Å². The summed E-state index contributed by atoms with van der Waals surface area (Å²) >= 11 is 0. The van der Waals surface area contributed by atoms with Crippen LogP contribution in [0.25, 0.3) is 17.4 Å². The van der Waals surface area contributed by atoms with E-state index < -0.39 is 17.8 Å². The van der Waals surface area contributed by atoms with Gasteiger partial charge in [-0.15, -0.1) is 0 Å². The Morgan fingerprint density at radius 1 is 1.17 bits per heavy atom. The van der Waals surface area contributed by atoms with Crippen molar-refractivity contribution in [2.75, 3.05) is 6.54 Å². The summed E-state index contributed by atoms with van der Waals surface area (Å²) in [5, 5.41) is 20.3. The van der Waals surface area contributed by atoms with E-state index in [4.69, 9.17) is 4.42 Å². The lowest BCUT2D eigenvalue weighted by Gasteiger charge is -2.28. The molecule has 1 aromatic carbocycles. The lowest BCUT2D eigenvalue weighted by Crippen LogP contribution is -2.44. The fraction of sp³-hybridized carbons (Fsp3) is 0.217. The van der Waals surface area contributed by atoms with Gasteiger partial charge in [-0.2, -0.15) is 5.26 Å². The third-order valence-electron chi connectivity index (χ3n) is 4.69. The van der Waals surface area contributed by atoms with Gasteiger partial charge in [-0.25, -0.2) is 0 Å². The molecule has 0 N–H and O–H groups in total. The van der Waals surface area contributed by atoms with Crippen LogP contribution in [-0.2, 0) is 9.59 Å². The lowest BCUT2D eigenvalue weighted by atomic mass is 9.94. The number of carboxylic acid groups (broad SMARTS) is 1. The Balaban J connectivity index is 1.98. The molecular formula is C23H19N2O5-. The first-order valence-corrected chi connectivity index (χ1v) is 9.33. The van der Waals surface area contributed by atoms with E-state index >= 15 is 0 Å². The van der Waals surface area contributed by atoms with E-state index in [0.29, 0.717) is 22.7 Å². The van der Waals surface area contributed by atoms with Crippen LogP contribution in [0.1, 0.15) is 36.9 Å². The molecule has 0 unspecified atom stereocenters. The minimum atomic E-state index is -1.27. The number of nitriles is 1. The molecule has 2 heterocycles. The van der Waals surface area contributed by atoms with Gasteiger partial charge in [-0.3, -0.25) is 14.5 Å². The zero-order chi connectivity index (χ0) is 22.0. The summed E-state index contributed by atoms with van der Waals surface area (Å²) < 4.78 is 5.78. The first kappa shape index (κ1) is 20.8. The predicted molar refractivity (Wildman–Crippen MR) is 106 cm³/mol. The van der Waals surface area contributed by atoms with Crippen molar-refractivity contribution in [3.8, 4) is 17.4 Å². The number of carboxylic acids is 1. The Morgan fingerprint density at radius 2 is 1.83 bits per heavy atom. The molecule has 0 radical (unpaired) electrons. The van der Waals surface area contributed by atoms with Crippen LogP contribution in [0.5, 0.6) is 0 Å². The number of carbonyl (C=O) groups is 3. The maximum absolute atomic E-state index is 12.9. The second-order valence-corrected chi connectivity index (χ2v) is 7.35. The Bertz CT molecular complexity index is 1130.